The predicted octanol–water partition coefficient (Wildman–Crippen LogP) is 3.98. The van der Waals surface area contributed by atoms with Gasteiger partial charge in [0.2, 0.25) is 0 Å². The van der Waals surface area contributed by atoms with E-state index >= 15 is 0 Å². The zero-order chi connectivity index (χ0) is 16.9. The van der Waals surface area contributed by atoms with Crippen molar-refractivity contribution < 1.29 is 4.79 Å². The Kier molecular flexibility index (Phi) is 5.51. The van der Waals surface area contributed by atoms with Crippen molar-refractivity contribution in [2.75, 3.05) is 25.5 Å². The molecule has 24 heavy (non-hydrogen) atoms. The number of nitrogens with zero attached hydrogens (tertiary/aromatic N) is 2. The lowest BCUT2D eigenvalue weighted by molar-refractivity contribution is 0.0691. The van der Waals surface area contributed by atoms with Crippen molar-refractivity contribution in [3.05, 3.63) is 46.5 Å². The summed E-state index contributed by atoms with van der Waals surface area (Å²) in [7, 11) is 1.84. The highest BCUT2D eigenvalue weighted by molar-refractivity contribution is 7.17. The molecule has 5 heteroatoms. The minimum absolute atomic E-state index is 0.146. The molecule has 0 spiro atoms. The summed E-state index contributed by atoms with van der Waals surface area (Å²) in [5, 5.41) is 3.84. The Morgan fingerprint density at radius 2 is 2.00 bits per heavy atom. The number of piperidine rings is 1. The molecule has 1 aromatic heterocycles. The lowest BCUT2D eigenvalue weighted by Crippen LogP contribution is -2.38. The average Bonchev–Trinajstić information content (AvgIpc) is 3.01. The molecule has 0 saturated carbocycles. The van der Waals surface area contributed by atoms with Crippen LogP contribution in [0.3, 0.4) is 0 Å². The quantitative estimate of drug-likeness (QED) is 0.893. The van der Waals surface area contributed by atoms with E-state index in [1.54, 1.807) is 0 Å². The van der Waals surface area contributed by atoms with Gasteiger partial charge in [0.15, 0.2) is 5.13 Å². The number of carbonyl (C=O) groups is 1. The number of benzene rings is 1. The molecule has 0 aliphatic carbocycles. The number of nitrogens with one attached hydrogen (secondary N) is 1. The Hall–Kier alpha value is -1.88. The summed E-state index contributed by atoms with van der Waals surface area (Å²) in [6.07, 6.45) is 4.57. The molecule has 1 aromatic carbocycles. The predicted molar refractivity (Wildman–Crippen MR) is 99.8 cm³/mol. The smallest absolute Gasteiger partial charge is 0.265 e. The first-order chi connectivity index (χ1) is 11.7. The molecule has 1 amide bonds. The molecule has 1 fully saturated rings. The van der Waals surface area contributed by atoms with Crippen LogP contribution in [0.2, 0.25) is 0 Å². The van der Waals surface area contributed by atoms with Crippen molar-refractivity contribution in [3.63, 3.8) is 0 Å². The van der Waals surface area contributed by atoms with Gasteiger partial charge in [-0.05, 0) is 44.1 Å². The van der Waals surface area contributed by atoms with Gasteiger partial charge in [-0.15, -0.1) is 0 Å². The van der Waals surface area contributed by atoms with Crippen LogP contribution in [0.5, 0.6) is 0 Å². The molecule has 1 aliphatic heterocycles. The van der Waals surface area contributed by atoms with E-state index in [2.05, 4.69) is 40.6 Å². The Bertz CT molecular complexity index is 675. The van der Waals surface area contributed by atoms with Crippen LogP contribution >= 0.6 is 11.3 Å². The van der Waals surface area contributed by atoms with Crippen LogP contribution in [0, 0.1) is 12.8 Å². The van der Waals surface area contributed by atoms with E-state index in [0.717, 1.165) is 54.0 Å². The fourth-order valence-electron chi connectivity index (χ4n) is 3.29. The minimum Gasteiger partial charge on any atom is -0.365 e. The van der Waals surface area contributed by atoms with Crippen LogP contribution < -0.4 is 5.32 Å². The second-order valence-electron chi connectivity index (χ2n) is 6.44. The molecule has 1 N–H and O–H groups in total. The number of carbonyl (C=O) groups excluding carboxylic acids is 1. The van der Waals surface area contributed by atoms with Crippen LogP contribution in [-0.4, -0.2) is 35.9 Å². The van der Waals surface area contributed by atoms with Gasteiger partial charge in [-0.2, -0.15) is 0 Å². The molecule has 0 radical (unpaired) electrons. The first-order valence-corrected chi connectivity index (χ1v) is 9.47. The number of aromatic nitrogens is 1. The summed E-state index contributed by atoms with van der Waals surface area (Å²) in [6, 6.07) is 10.7. The van der Waals surface area contributed by atoms with E-state index in [1.807, 2.05) is 18.9 Å². The highest BCUT2D eigenvalue weighted by Crippen LogP contribution is 2.27. The van der Waals surface area contributed by atoms with Gasteiger partial charge in [0.25, 0.3) is 5.91 Å². The largest absolute Gasteiger partial charge is 0.365 e. The fraction of sp³-hybridized carbons (Fsp3) is 0.474. The second-order valence-corrected chi connectivity index (χ2v) is 7.44. The SMILES string of the molecule is CNc1nc(C)c(C(=O)N2CCC(CCc3ccccc3)CC2)s1. The van der Waals surface area contributed by atoms with Gasteiger partial charge in [-0.25, -0.2) is 4.98 Å². The highest BCUT2D eigenvalue weighted by atomic mass is 32.1. The average molecular weight is 343 g/mol. The maximum atomic E-state index is 12.7. The van der Waals surface area contributed by atoms with E-state index in [4.69, 9.17) is 0 Å². The maximum absolute atomic E-state index is 12.7. The summed E-state index contributed by atoms with van der Waals surface area (Å²) in [6.45, 7) is 3.65. The van der Waals surface area contributed by atoms with Crippen molar-refractivity contribution in [3.8, 4) is 0 Å². The molecular formula is C19H25N3OS. The Balaban J connectivity index is 1.51. The molecule has 3 rings (SSSR count). The summed E-state index contributed by atoms with van der Waals surface area (Å²) in [5.74, 6) is 0.873. The molecule has 1 aliphatic rings. The lowest BCUT2D eigenvalue weighted by Gasteiger charge is -2.32. The van der Waals surface area contributed by atoms with Crippen molar-refractivity contribution in [2.45, 2.75) is 32.6 Å². The normalized spacial score (nSPS) is 15.5. The second kappa shape index (κ2) is 7.79. The van der Waals surface area contributed by atoms with Crippen LogP contribution in [-0.2, 0) is 6.42 Å². The first-order valence-electron chi connectivity index (χ1n) is 8.65. The molecule has 0 atom stereocenters. The van der Waals surface area contributed by atoms with Gasteiger partial charge in [0.1, 0.15) is 4.88 Å². The third kappa shape index (κ3) is 3.96. The summed E-state index contributed by atoms with van der Waals surface area (Å²) in [4.78, 5) is 19.9. The summed E-state index contributed by atoms with van der Waals surface area (Å²) >= 11 is 1.46. The number of amides is 1. The third-order valence-corrected chi connectivity index (χ3v) is 5.95. The molecule has 0 unspecified atom stereocenters. The number of anilines is 1. The summed E-state index contributed by atoms with van der Waals surface area (Å²) in [5.41, 5.74) is 2.25. The van der Waals surface area contributed by atoms with Gasteiger partial charge in [0, 0.05) is 20.1 Å². The number of likely N-dealkylation sites (tertiary alicyclic amines) is 1. The van der Waals surface area contributed by atoms with Crippen LogP contribution in [0.25, 0.3) is 0 Å². The van der Waals surface area contributed by atoms with Crippen LogP contribution in [0.1, 0.15) is 40.2 Å². The minimum atomic E-state index is 0.146. The van der Waals surface area contributed by atoms with E-state index in [0.29, 0.717) is 0 Å². The van der Waals surface area contributed by atoms with Crippen molar-refractivity contribution in [2.24, 2.45) is 5.92 Å². The monoisotopic (exact) mass is 343 g/mol. The zero-order valence-corrected chi connectivity index (χ0v) is 15.2. The molecule has 2 aromatic rings. The van der Waals surface area contributed by atoms with E-state index in [-0.39, 0.29) is 5.91 Å². The van der Waals surface area contributed by atoms with Crippen LogP contribution in [0.4, 0.5) is 5.13 Å². The zero-order valence-electron chi connectivity index (χ0n) is 14.4. The van der Waals surface area contributed by atoms with Crippen molar-refractivity contribution in [1.29, 1.82) is 0 Å². The fourth-order valence-corrected chi connectivity index (χ4v) is 4.17. The van der Waals surface area contributed by atoms with Gasteiger partial charge in [-0.3, -0.25) is 4.79 Å². The lowest BCUT2D eigenvalue weighted by atomic mass is 9.90. The van der Waals surface area contributed by atoms with Gasteiger partial charge in [-0.1, -0.05) is 41.7 Å². The van der Waals surface area contributed by atoms with Crippen LogP contribution in [0.15, 0.2) is 30.3 Å². The number of aryl methyl sites for hydroxylation is 2. The van der Waals surface area contributed by atoms with Gasteiger partial charge in [0.05, 0.1) is 5.69 Å². The maximum Gasteiger partial charge on any atom is 0.265 e. The summed E-state index contributed by atoms with van der Waals surface area (Å²) < 4.78 is 0. The number of rotatable bonds is 5. The molecule has 1 saturated heterocycles. The van der Waals surface area contributed by atoms with Gasteiger partial charge >= 0.3 is 0 Å². The van der Waals surface area contributed by atoms with E-state index in [1.165, 1.54) is 23.3 Å². The molecule has 4 nitrogen and oxygen atoms in total. The number of thiazole rings is 1. The van der Waals surface area contributed by atoms with Crippen molar-refractivity contribution >= 4 is 22.4 Å². The third-order valence-electron chi connectivity index (χ3n) is 4.79. The van der Waals surface area contributed by atoms with E-state index < -0.39 is 0 Å². The topological polar surface area (TPSA) is 45.2 Å². The molecule has 2 heterocycles. The highest BCUT2D eigenvalue weighted by Gasteiger charge is 2.26. The Morgan fingerprint density at radius 1 is 1.29 bits per heavy atom. The Morgan fingerprint density at radius 3 is 2.62 bits per heavy atom. The van der Waals surface area contributed by atoms with Crippen molar-refractivity contribution in [1.82, 2.24) is 9.88 Å². The molecule has 0 bridgehead atoms. The molecule has 128 valence electrons. The first kappa shape index (κ1) is 17.0. The number of hydrogen-bond donors (Lipinski definition) is 1. The number of hydrogen-bond acceptors (Lipinski definition) is 4. The van der Waals surface area contributed by atoms with Gasteiger partial charge < -0.3 is 10.2 Å². The molecular weight excluding hydrogens is 318 g/mol. The standard InChI is InChI=1S/C19H25N3OS/c1-14-17(24-19(20-2)21-14)18(23)22-12-10-16(11-13-22)9-8-15-6-4-3-5-7-15/h3-7,16H,8-13H2,1-2H3,(H,20,21). The Labute approximate surface area is 147 Å². The van der Waals surface area contributed by atoms with E-state index in [9.17, 15) is 4.79 Å².